The van der Waals surface area contributed by atoms with Gasteiger partial charge >= 0.3 is 0 Å². The molecule has 1 N–H and O–H groups in total. The lowest BCUT2D eigenvalue weighted by Crippen LogP contribution is -2.31. The minimum Gasteiger partial charge on any atom is -0.370 e. The Bertz CT molecular complexity index is 1020. The summed E-state index contributed by atoms with van der Waals surface area (Å²) in [5.41, 5.74) is 3.73. The number of rotatable bonds is 5. The highest BCUT2D eigenvalue weighted by Crippen LogP contribution is 2.25. The van der Waals surface area contributed by atoms with Crippen LogP contribution in [0.3, 0.4) is 0 Å². The zero-order valence-corrected chi connectivity index (χ0v) is 17.3. The predicted molar refractivity (Wildman–Crippen MR) is 121 cm³/mol. The number of nitrogens with one attached hydrogen (secondary N) is 1. The molecule has 30 heavy (non-hydrogen) atoms. The van der Waals surface area contributed by atoms with Crippen molar-refractivity contribution in [2.75, 3.05) is 37.4 Å². The molecule has 4 rings (SSSR count). The number of anilines is 2. The van der Waals surface area contributed by atoms with Gasteiger partial charge in [-0.1, -0.05) is 30.3 Å². The zero-order chi connectivity index (χ0) is 21.1. The maximum atomic E-state index is 13.9. The third-order valence-electron chi connectivity index (χ3n) is 5.72. The average Bonchev–Trinajstić information content (AvgIpc) is 3.25. The van der Waals surface area contributed by atoms with E-state index in [1.54, 1.807) is 42.5 Å². The summed E-state index contributed by atoms with van der Waals surface area (Å²) in [6.45, 7) is 2.07. The molecular formula is C25H26FN3O. The number of benzene rings is 3. The first-order valence-corrected chi connectivity index (χ1v) is 10.2. The quantitative estimate of drug-likeness (QED) is 0.659. The van der Waals surface area contributed by atoms with Crippen LogP contribution in [-0.4, -0.2) is 44.0 Å². The van der Waals surface area contributed by atoms with Crippen molar-refractivity contribution in [1.82, 2.24) is 4.90 Å². The molecule has 0 aliphatic carbocycles. The number of nitrogens with zero attached hydrogens (tertiary/aromatic N) is 2. The lowest BCUT2D eigenvalue weighted by Gasteiger charge is -2.22. The van der Waals surface area contributed by atoms with Gasteiger partial charge in [0.1, 0.15) is 5.82 Å². The Kier molecular flexibility index (Phi) is 5.81. The van der Waals surface area contributed by atoms with Gasteiger partial charge in [-0.05, 0) is 68.5 Å². The highest BCUT2D eigenvalue weighted by atomic mass is 19.1. The van der Waals surface area contributed by atoms with E-state index >= 15 is 0 Å². The molecule has 1 saturated heterocycles. The summed E-state index contributed by atoms with van der Waals surface area (Å²) in [5.74, 6) is -0.457. The number of amides is 1. The maximum absolute atomic E-state index is 13.9. The Hall–Kier alpha value is -3.18. The van der Waals surface area contributed by atoms with E-state index in [9.17, 15) is 9.18 Å². The fourth-order valence-electron chi connectivity index (χ4n) is 3.85. The number of hydrogen-bond acceptors (Lipinski definition) is 3. The van der Waals surface area contributed by atoms with Gasteiger partial charge in [0, 0.05) is 41.6 Å². The topological polar surface area (TPSA) is 35.6 Å². The second kappa shape index (κ2) is 8.67. The van der Waals surface area contributed by atoms with E-state index in [-0.39, 0.29) is 11.7 Å². The Morgan fingerprint density at radius 3 is 2.33 bits per heavy atom. The highest BCUT2D eigenvalue weighted by Gasteiger charge is 2.24. The zero-order valence-electron chi connectivity index (χ0n) is 17.3. The van der Waals surface area contributed by atoms with Gasteiger partial charge in [-0.2, -0.15) is 0 Å². The molecule has 3 aromatic rings. The van der Waals surface area contributed by atoms with Crippen LogP contribution in [0.5, 0.6) is 0 Å². The van der Waals surface area contributed by atoms with Gasteiger partial charge in [0.25, 0.3) is 5.91 Å². The van der Waals surface area contributed by atoms with E-state index in [1.165, 1.54) is 11.8 Å². The fourth-order valence-corrected chi connectivity index (χ4v) is 3.85. The van der Waals surface area contributed by atoms with E-state index < -0.39 is 0 Å². The van der Waals surface area contributed by atoms with Crippen LogP contribution in [0.15, 0.2) is 72.8 Å². The molecule has 0 radical (unpaired) electrons. The molecule has 1 unspecified atom stereocenters. The van der Waals surface area contributed by atoms with Crippen molar-refractivity contribution in [2.45, 2.75) is 12.5 Å². The number of likely N-dealkylation sites (N-methyl/N-ethyl adjacent to an activating group) is 1. The van der Waals surface area contributed by atoms with Crippen molar-refractivity contribution in [1.29, 1.82) is 0 Å². The van der Waals surface area contributed by atoms with Crippen LogP contribution < -0.4 is 10.2 Å². The molecule has 1 atom stereocenters. The lowest BCUT2D eigenvalue weighted by molar-refractivity contribution is 0.102. The Morgan fingerprint density at radius 1 is 1.00 bits per heavy atom. The van der Waals surface area contributed by atoms with E-state index in [4.69, 9.17) is 0 Å². The second-order valence-electron chi connectivity index (χ2n) is 7.91. The van der Waals surface area contributed by atoms with Crippen LogP contribution in [0.25, 0.3) is 11.1 Å². The van der Waals surface area contributed by atoms with Crippen LogP contribution in [-0.2, 0) is 0 Å². The molecule has 0 bridgehead atoms. The maximum Gasteiger partial charge on any atom is 0.255 e. The standard InChI is InChI=1S/C25H26FN3O/c1-28(2)22-15-16-29(17-22)21-13-11-20(12-14-21)27-25(30)19-9-7-18(8-10-19)23-5-3-4-6-24(23)26/h3-14,22H,15-17H2,1-2H3,(H,27,30). The summed E-state index contributed by atoms with van der Waals surface area (Å²) in [6, 6.07) is 22.1. The minimum absolute atomic E-state index is 0.184. The minimum atomic E-state index is -0.273. The van der Waals surface area contributed by atoms with Gasteiger partial charge in [0.05, 0.1) is 0 Å². The molecule has 1 heterocycles. The van der Waals surface area contributed by atoms with Crippen LogP contribution in [0.1, 0.15) is 16.8 Å². The molecule has 1 fully saturated rings. The lowest BCUT2D eigenvalue weighted by atomic mass is 10.0. The molecule has 0 aromatic heterocycles. The van der Waals surface area contributed by atoms with E-state index in [0.29, 0.717) is 17.2 Å². The SMILES string of the molecule is CN(C)C1CCN(c2ccc(NC(=O)c3ccc(-c4ccccc4F)cc3)cc2)C1. The third-order valence-corrected chi connectivity index (χ3v) is 5.72. The summed E-state index contributed by atoms with van der Waals surface area (Å²) in [6.07, 6.45) is 1.16. The molecular weight excluding hydrogens is 377 g/mol. The smallest absolute Gasteiger partial charge is 0.255 e. The van der Waals surface area contributed by atoms with Gasteiger partial charge in [0.2, 0.25) is 0 Å². The van der Waals surface area contributed by atoms with E-state index in [2.05, 4.69) is 41.3 Å². The van der Waals surface area contributed by atoms with Crippen molar-refractivity contribution in [3.05, 3.63) is 84.2 Å². The molecule has 0 spiro atoms. The first kappa shape index (κ1) is 20.1. The van der Waals surface area contributed by atoms with Crippen LogP contribution >= 0.6 is 0 Å². The number of carbonyl (C=O) groups is 1. The highest BCUT2D eigenvalue weighted by molar-refractivity contribution is 6.04. The van der Waals surface area contributed by atoms with Gasteiger partial charge in [-0.3, -0.25) is 4.79 Å². The first-order valence-electron chi connectivity index (χ1n) is 10.2. The molecule has 1 aliphatic rings. The van der Waals surface area contributed by atoms with Gasteiger partial charge < -0.3 is 15.1 Å². The predicted octanol–water partition coefficient (Wildman–Crippen LogP) is 4.89. The molecule has 154 valence electrons. The largest absolute Gasteiger partial charge is 0.370 e. The van der Waals surface area contributed by atoms with E-state index in [1.807, 2.05) is 12.1 Å². The monoisotopic (exact) mass is 403 g/mol. The molecule has 3 aromatic carbocycles. The summed E-state index contributed by atoms with van der Waals surface area (Å²) in [5, 5.41) is 2.93. The fraction of sp³-hybridized carbons (Fsp3) is 0.240. The van der Waals surface area contributed by atoms with Crippen molar-refractivity contribution >= 4 is 17.3 Å². The summed E-state index contributed by atoms with van der Waals surface area (Å²) in [7, 11) is 4.24. The molecule has 1 amide bonds. The normalized spacial score (nSPS) is 16.1. The Balaban J connectivity index is 1.40. The van der Waals surface area contributed by atoms with Crippen molar-refractivity contribution in [3.8, 4) is 11.1 Å². The van der Waals surface area contributed by atoms with E-state index in [0.717, 1.165) is 30.8 Å². The summed E-state index contributed by atoms with van der Waals surface area (Å²) < 4.78 is 13.9. The molecule has 5 heteroatoms. The van der Waals surface area contributed by atoms with Crippen LogP contribution in [0.2, 0.25) is 0 Å². The second-order valence-corrected chi connectivity index (χ2v) is 7.91. The van der Waals surface area contributed by atoms with Crippen molar-refractivity contribution in [3.63, 3.8) is 0 Å². The first-order chi connectivity index (χ1) is 14.5. The number of halogens is 1. The number of carbonyl (C=O) groups excluding carboxylic acids is 1. The third kappa shape index (κ3) is 4.36. The summed E-state index contributed by atoms with van der Waals surface area (Å²) >= 11 is 0. The van der Waals surface area contributed by atoms with Gasteiger partial charge in [-0.15, -0.1) is 0 Å². The van der Waals surface area contributed by atoms with Gasteiger partial charge in [0.15, 0.2) is 0 Å². The molecule has 0 saturated carbocycles. The van der Waals surface area contributed by atoms with Crippen molar-refractivity contribution < 1.29 is 9.18 Å². The number of hydrogen-bond donors (Lipinski definition) is 1. The Labute approximate surface area is 176 Å². The van der Waals surface area contributed by atoms with Crippen LogP contribution in [0.4, 0.5) is 15.8 Å². The van der Waals surface area contributed by atoms with Crippen molar-refractivity contribution in [2.24, 2.45) is 0 Å². The van der Waals surface area contributed by atoms with Crippen LogP contribution in [0, 0.1) is 5.82 Å². The van der Waals surface area contributed by atoms with Gasteiger partial charge in [-0.25, -0.2) is 4.39 Å². The molecule has 1 aliphatic heterocycles. The average molecular weight is 404 g/mol. The Morgan fingerprint density at radius 2 is 1.70 bits per heavy atom. The summed E-state index contributed by atoms with van der Waals surface area (Å²) in [4.78, 5) is 17.2. The molecule has 4 nitrogen and oxygen atoms in total.